The van der Waals surface area contributed by atoms with Crippen LogP contribution in [0.2, 0.25) is 0 Å². The van der Waals surface area contributed by atoms with Crippen LogP contribution in [0.3, 0.4) is 0 Å². The summed E-state index contributed by atoms with van der Waals surface area (Å²) in [6, 6.07) is 0.515. The SMILES string of the molecule is O=C(NC1CCCCCC1)N1CCCN(c2nccs2)CC1. The highest BCUT2D eigenvalue weighted by atomic mass is 32.1. The molecule has 1 saturated carbocycles. The molecule has 22 heavy (non-hydrogen) atoms. The second kappa shape index (κ2) is 7.81. The van der Waals surface area contributed by atoms with E-state index >= 15 is 0 Å². The minimum absolute atomic E-state index is 0.132. The Labute approximate surface area is 136 Å². The molecule has 1 aromatic rings. The van der Waals surface area contributed by atoms with Gasteiger partial charge >= 0.3 is 6.03 Å². The topological polar surface area (TPSA) is 48.5 Å². The maximum atomic E-state index is 12.5. The highest BCUT2D eigenvalue weighted by Crippen LogP contribution is 2.20. The highest BCUT2D eigenvalue weighted by Gasteiger charge is 2.22. The Morgan fingerprint density at radius 3 is 2.64 bits per heavy atom. The van der Waals surface area contributed by atoms with Gasteiger partial charge < -0.3 is 15.1 Å². The summed E-state index contributed by atoms with van der Waals surface area (Å²) >= 11 is 1.67. The highest BCUT2D eigenvalue weighted by molar-refractivity contribution is 7.13. The van der Waals surface area contributed by atoms with Crippen LogP contribution in [0.4, 0.5) is 9.93 Å². The first-order valence-electron chi connectivity index (χ1n) is 8.53. The number of aromatic nitrogens is 1. The van der Waals surface area contributed by atoms with Crippen molar-refractivity contribution in [1.82, 2.24) is 15.2 Å². The predicted octanol–water partition coefficient (Wildman–Crippen LogP) is 3.09. The van der Waals surface area contributed by atoms with Gasteiger partial charge in [-0.2, -0.15) is 0 Å². The number of hydrogen-bond acceptors (Lipinski definition) is 4. The minimum Gasteiger partial charge on any atom is -0.346 e. The number of amides is 2. The van der Waals surface area contributed by atoms with Crippen LogP contribution in [0.25, 0.3) is 0 Å². The number of carbonyl (C=O) groups excluding carboxylic acids is 1. The van der Waals surface area contributed by atoms with E-state index in [1.54, 1.807) is 11.3 Å². The molecular formula is C16H26N4OS. The van der Waals surface area contributed by atoms with Crippen molar-refractivity contribution in [2.24, 2.45) is 0 Å². The summed E-state index contributed by atoms with van der Waals surface area (Å²) in [5.74, 6) is 0. The van der Waals surface area contributed by atoms with Crippen LogP contribution >= 0.6 is 11.3 Å². The first-order valence-corrected chi connectivity index (χ1v) is 9.41. The number of nitrogens with one attached hydrogen (secondary N) is 1. The Bertz CT molecular complexity index is 457. The van der Waals surface area contributed by atoms with Crippen molar-refractivity contribution in [1.29, 1.82) is 0 Å². The van der Waals surface area contributed by atoms with Crippen molar-refractivity contribution < 1.29 is 4.79 Å². The van der Waals surface area contributed by atoms with Crippen molar-refractivity contribution in [3.05, 3.63) is 11.6 Å². The standard InChI is InChI=1S/C16H26N4OS/c21-15(18-14-6-3-1-2-4-7-14)19-9-5-10-20(12-11-19)16-17-8-13-22-16/h8,13-14H,1-7,9-12H2,(H,18,21). The van der Waals surface area contributed by atoms with Crippen molar-refractivity contribution in [3.63, 3.8) is 0 Å². The average Bonchev–Trinajstić information content (AvgIpc) is 2.79. The molecule has 0 aromatic carbocycles. The molecule has 2 heterocycles. The zero-order valence-corrected chi connectivity index (χ0v) is 14.0. The third-order valence-electron chi connectivity index (χ3n) is 4.66. The predicted molar refractivity (Wildman–Crippen MR) is 90.5 cm³/mol. The molecule has 1 aliphatic heterocycles. The van der Waals surface area contributed by atoms with Gasteiger partial charge in [-0.05, 0) is 19.3 Å². The Kier molecular flexibility index (Phi) is 5.53. The fourth-order valence-electron chi connectivity index (χ4n) is 3.37. The molecule has 0 atom stereocenters. The van der Waals surface area contributed by atoms with Crippen LogP contribution in [-0.4, -0.2) is 48.1 Å². The van der Waals surface area contributed by atoms with Gasteiger partial charge in [-0.25, -0.2) is 9.78 Å². The van der Waals surface area contributed by atoms with Crippen molar-refractivity contribution in [2.75, 3.05) is 31.1 Å². The molecule has 2 aliphatic rings. The van der Waals surface area contributed by atoms with Crippen LogP contribution in [-0.2, 0) is 0 Å². The second-order valence-corrected chi connectivity index (χ2v) is 7.15. The van der Waals surface area contributed by atoms with Crippen LogP contribution in [0.15, 0.2) is 11.6 Å². The number of urea groups is 1. The molecule has 0 radical (unpaired) electrons. The van der Waals surface area contributed by atoms with Crippen molar-refractivity contribution >= 4 is 22.5 Å². The van der Waals surface area contributed by atoms with Gasteiger partial charge in [0.15, 0.2) is 5.13 Å². The third kappa shape index (κ3) is 4.12. The Balaban J connectivity index is 1.50. The van der Waals surface area contributed by atoms with E-state index in [1.165, 1.54) is 25.7 Å². The summed E-state index contributed by atoms with van der Waals surface area (Å²) in [6.45, 7) is 3.50. The largest absolute Gasteiger partial charge is 0.346 e. The van der Waals surface area contributed by atoms with E-state index in [9.17, 15) is 4.79 Å². The van der Waals surface area contributed by atoms with Crippen LogP contribution in [0.5, 0.6) is 0 Å². The summed E-state index contributed by atoms with van der Waals surface area (Å²) in [6.07, 6.45) is 10.3. The molecule has 1 aromatic heterocycles. The van der Waals surface area contributed by atoms with E-state index in [2.05, 4.69) is 15.2 Å². The fraction of sp³-hybridized carbons (Fsp3) is 0.750. The van der Waals surface area contributed by atoms with Crippen LogP contribution < -0.4 is 10.2 Å². The number of anilines is 1. The molecular weight excluding hydrogens is 296 g/mol. The first kappa shape index (κ1) is 15.6. The maximum absolute atomic E-state index is 12.5. The second-order valence-electron chi connectivity index (χ2n) is 6.28. The maximum Gasteiger partial charge on any atom is 0.317 e. The van der Waals surface area contributed by atoms with Gasteiger partial charge in [0.2, 0.25) is 0 Å². The summed E-state index contributed by atoms with van der Waals surface area (Å²) < 4.78 is 0. The summed E-state index contributed by atoms with van der Waals surface area (Å²) in [5.41, 5.74) is 0. The van der Waals surface area contributed by atoms with Crippen LogP contribution in [0, 0.1) is 0 Å². The van der Waals surface area contributed by atoms with Gasteiger partial charge in [-0.3, -0.25) is 0 Å². The van der Waals surface area contributed by atoms with E-state index in [1.807, 2.05) is 16.5 Å². The lowest BCUT2D eigenvalue weighted by Crippen LogP contribution is -2.46. The number of thiazole rings is 1. The average molecular weight is 322 g/mol. The molecule has 3 rings (SSSR count). The lowest BCUT2D eigenvalue weighted by molar-refractivity contribution is 0.196. The third-order valence-corrected chi connectivity index (χ3v) is 5.49. The van der Waals surface area contributed by atoms with E-state index in [0.717, 1.165) is 50.6 Å². The molecule has 0 bridgehead atoms. The molecule has 5 nitrogen and oxygen atoms in total. The number of nitrogens with zero attached hydrogens (tertiary/aromatic N) is 3. The lowest BCUT2D eigenvalue weighted by Gasteiger charge is -2.25. The van der Waals surface area contributed by atoms with Gasteiger partial charge in [0.05, 0.1) is 0 Å². The van der Waals surface area contributed by atoms with E-state index < -0.39 is 0 Å². The quantitative estimate of drug-likeness (QED) is 0.851. The molecule has 2 amide bonds. The first-order chi connectivity index (χ1) is 10.8. The van der Waals surface area contributed by atoms with Gasteiger partial charge in [-0.15, -0.1) is 11.3 Å². The van der Waals surface area contributed by atoms with Crippen LogP contribution in [0.1, 0.15) is 44.9 Å². The number of hydrogen-bond donors (Lipinski definition) is 1. The van der Waals surface area contributed by atoms with E-state index in [-0.39, 0.29) is 6.03 Å². The van der Waals surface area contributed by atoms with Gasteiger partial charge in [0, 0.05) is 43.8 Å². The van der Waals surface area contributed by atoms with Gasteiger partial charge in [-0.1, -0.05) is 25.7 Å². The summed E-state index contributed by atoms with van der Waals surface area (Å²) in [7, 11) is 0. The molecule has 0 spiro atoms. The van der Waals surface area contributed by atoms with Crippen molar-refractivity contribution in [3.8, 4) is 0 Å². The molecule has 6 heteroatoms. The molecule has 1 N–H and O–H groups in total. The van der Waals surface area contributed by atoms with Gasteiger partial charge in [0.1, 0.15) is 0 Å². The summed E-state index contributed by atoms with van der Waals surface area (Å²) in [4.78, 5) is 21.2. The number of rotatable bonds is 2. The monoisotopic (exact) mass is 322 g/mol. The fourth-order valence-corrected chi connectivity index (χ4v) is 4.07. The molecule has 1 saturated heterocycles. The Hall–Kier alpha value is -1.30. The Morgan fingerprint density at radius 1 is 1.09 bits per heavy atom. The normalized spacial score (nSPS) is 21.3. The lowest BCUT2D eigenvalue weighted by atomic mass is 10.1. The smallest absolute Gasteiger partial charge is 0.317 e. The molecule has 122 valence electrons. The Morgan fingerprint density at radius 2 is 1.91 bits per heavy atom. The molecule has 1 aliphatic carbocycles. The molecule has 2 fully saturated rings. The van der Waals surface area contributed by atoms with Crippen molar-refractivity contribution in [2.45, 2.75) is 51.0 Å². The molecule has 0 unspecified atom stereocenters. The van der Waals surface area contributed by atoms with E-state index in [0.29, 0.717) is 6.04 Å². The zero-order chi connectivity index (χ0) is 15.2. The van der Waals surface area contributed by atoms with E-state index in [4.69, 9.17) is 0 Å². The van der Waals surface area contributed by atoms with Gasteiger partial charge in [0.25, 0.3) is 0 Å². The zero-order valence-electron chi connectivity index (χ0n) is 13.2. The summed E-state index contributed by atoms with van der Waals surface area (Å²) in [5, 5.41) is 6.35. The minimum atomic E-state index is 0.132. The number of carbonyl (C=O) groups is 1.